The van der Waals surface area contributed by atoms with Crippen LogP contribution in [0.1, 0.15) is 29.1 Å². The van der Waals surface area contributed by atoms with E-state index < -0.39 is 0 Å². The Kier molecular flexibility index (Phi) is 6.11. The molecule has 0 bridgehead atoms. The number of carbonyl (C=O) groups excluding carboxylic acids is 2. The number of nitrogens with one attached hydrogen (secondary N) is 1. The van der Waals surface area contributed by atoms with Crippen molar-refractivity contribution < 1.29 is 9.59 Å². The summed E-state index contributed by atoms with van der Waals surface area (Å²) in [5.74, 6) is -0.244. The second kappa shape index (κ2) is 8.29. The van der Waals surface area contributed by atoms with Gasteiger partial charge in [0.15, 0.2) is 0 Å². The fraction of sp³-hybridized carbons (Fsp3) is 0.222. The molecule has 5 heteroatoms. The number of benzene rings is 1. The van der Waals surface area contributed by atoms with Crippen LogP contribution < -0.4 is 5.32 Å². The minimum absolute atomic E-state index is 0.0276. The average molecular weight is 328 g/mol. The molecule has 0 saturated heterocycles. The molecule has 0 radical (unpaired) electrons. The predicted octanol–water partition coefficient (Wildman–Crippen LogP) is 3.88. The van der Waals surface area contributed by atoms with Crippen LogP contribution in [0.2, 0.25) is 0 Å². The lowest BCUT2D eigenvalue weighted by molar-refractivity contribution is -0.111. The Hall–Kier alpha value is -2.40. The van der Waals surface area contributed by atoms with Gasteiger partial charge in [-0.1, -0.05) is 12.1 Å². The Balaban J connectivity index is 2.05. The standard InChI is InChI=1S/C18H20N2O2S/c1-3-20(4-2)18(22)14-7-5-8-15(13-14)19-17(21)11-10-16-9-6-12-23-16/h5-13H,3-4H2,1-2H3,(H,19,21)/b11-10+. The van der Waals surface area contributed by atoms with Gasteiger partial charge in [0, 0.05) is 35.3 Å². The second-order valence-corrected chi connectivity index (χ2v) is 5.88. The Labute approximate surface area is 140 Å². The molecule has 2 rings (SSSR count). The van der Waals surface area contributed by atoms with Gasteiger partial charge in [-0.3, -0.25) is 9.59 Å². The van der Waals surface area contributed by atoms with E-state index in [0.29, 0.717) is 24.3 Å². The van der Waals surface area contributed by atoms with Crippen LogP contribution in [0, 0.1) is 0 Å². The molecule has 120 valence electrons. The van der Waals surface area contributed by atoms with Gasteiger partial charge < -0.3 is 10.2 Å². The zero-order valence-corrected chi connectivity index (χ0v) is 14.1. The van der Waals surface area contributed by atoms with Gasteiger partial charge in [0.1, 0.15) is 0 Å². The van der Waals surface area contributed by atoms with Crippen molar-refractivity contribution in [3.63, 3.8) is 0 Å². The summed E-state index contributed by atoms with van der Waals surface area (Å²) in [4.78, 5) is 27.0. The molecule has 0 aliphatic carbocycles. The number of thiophene rings is 1. The summed E-state index contributed by atoms with van der Waals surface area (Å²) < 4.78 is 0. The van der Waals surface area contributed by atoms with Gasteiger partial charge in [-0.05, 0) is 49.6 Å². The van der Waals surface area contributed by atoms with Gasteiger partial charge in [-0.25, -0.2) is 0 Å². The van der Waals surface area contributed by atoms with E-state index in [2.05, 4.69) is 5.32 Å². The van der Waals surface area contributed by atoms with Crippen molar-refractivity contribution in [2.75, 3.05) is 18.4 Å². The first-order valence-corrected chi connectivity index (χ1v) is 8.44. The van der Waals surface area contributed by atoms with Crippen molar-refractivity contribution >= 4 is 34.9 Å². The SMILES string of the molecule is CCN(CC)C(=O)c1cccc(NC(=O)/C=C/c2cccs2)c1. The lowest BCUT2D eigenvalue weighted by Crippen LogP contribution is -2.30. The molecule has 0 spiro atoms. The molecule has 0 atom stereocenters. The lowest BCUT2D eigenvalue weighted by Gasteiger charge is -2.18. The molecule has 1 N–H and O–H groups in total. The molecule has 23 heavy (non-hydrogen) atoms. The van der Waals surface area contributed by atoms with Gasteiger partial charge in [0.25, 0.3) is 5.91 Å². The molecular formula is C18H20N2O2S. The van der Waals surface area contributed by atoms with Crippen LogP contribution in [0.5, 0.6) is 0 Å². The van der Waals surface area contributed by atoms with Crippen molar-refractivity contribution in [2.45, 2.75) is 13.8 Å². The molecular weight excluding hydrogens is 308 g/mol. The number of rotatable bonds is 6. The minimum atomic E-state index is -0.217. The Bertz CT molecular complexity index is 689. The minimum Gasteiger partial charge on any atom is -0.339 e. The van der Waals surface area contributed by atoms with E-state index in [-0.39, 0.29) is 11.8 Å². The van der Waals surface area contributed by atoms with Gasteiger partial charge >= 0.3 is 0 Å². The summed E-state index contributed by atoms with van der Waals surface area (Å²) in [5.41, 5.74) is 1.19. The fourth-order valence-corrected chi connectivity index (χ4v) is 2.77. The molecule has 0 saturated carbocycles. The maximum atomic E-state index is 12.3. The van der Waals surface area contributed by atoms with E-state index in [1.165, 1.54) is 6.08 Å². The second-order valence-electron chi connectivity index (χ2n) is 4.90. The smallest absolute Gasteiger partial charge is 0.253 e. The van der Waals surface area contributed by atoms with Crippen LogP contribution in [-0.4, -0.2) is 29.8 Å². The Morgan fingerprint density at radius 3 is 2.61 bits per heavy atom. The third kappa shape index (κ3) is 4.79. The summed E-state index contributed by atoms with van der Waals surface area (Å²) in [6.07, 6.45) is 3.26. The van der Waals surface area contributed by atoms with Crippen LogP contribution in [0.3, 0.4) is 0 Å². The number of hydrogen-bond acceptors (Lipinski definition) is 3. The number of nitrogens with zero attached hydrogens (tertiary/aromatic N) is 1. The molecule has 4 nitrogen and oxygen atoms in total. The fourth-order valence-electron chi connectivity index (χ4n) is 2.15. The van der Waals surface area contributed by atoms with Crippen LogP contribution in [0.4, 0.5) is 5.69 Å². The summed E-state index contributed by atoms with van der Waals surface area (Å²) in [7, 11) is 0. The quantitative estimate of drug-likeness (QED) is 0.818. The van der Waals surface area contributed by atoms with E-state index in [4.69, 9.17) is 0 Å². The molecule has 2 amide bonds. The average Bonchev–Trinajstić information content (AvgIpc) is 3.08. The maximum absolute atomic E-state index is 12.3. The van der Waals surface area contributed by atoms with Crippen LogP contribution >= 0.6 is 11.3 Å². The highest BCUT2D eigenvalue weighted by molar-refractivity contribution is 7.10. The summed E-state index contributed by atoms with van der Waals surface area (Å²) in [5, 5.41) is 4.74. The highest BCUT2D eigenvalue weighted by Crippen LogP contribution is 2.14. The predicted molar refractivity (Wildman–Crippen MR) is 95.7 cm³/mol. The molecule has 0 aliphatic rings. The topological polar surface area (TPSA) is 49.4 Å². The molecule has 1 aromatic carbocycles. The molecule has 0 fully saturated rings. The number of hydrogen-bond donors (Lipinski definition) is 1. The highest BCUT2D eigenvalue weighted by atomic mass is 32.1. The van der Waals surface area contributed by atoms with Gasteiger partial charge in [-0.2, -0.15) is 0 Å². The van der Waals surface area contributed by atoms with E-state index in [0.717, 1.165) is 4.88 Å². The van der Waals surface area contributed by atoms with Gasteiger partial charge in [-0.15, -0.1) is 11.3 Å². The van der Waals surface area contributed by atoms with Crippen molar-refractivity contribution in [1.82, 2.24) is 4.90 Å². The largest absolute Gasteiger partial charge is 0.339 e. The number of carbonyl (C=O) groups is 2. The summed E-state index contributed by atoms with van der Waals surface area (Å²) in [6.45, 7) is 5.22. The van der Waals surface area contributed by atoms with Crippen molar-refractivity contribution in [1.29, 1.82) is 0 Å². The monoisotopic (exact) mass is 328 g/mol. The maximum Gasteiger partial charge on any atom is 0.253 e. The molecule has 2 aromatic rings. The first-order chi connectivity index (χ1) is 11.1. The molecule has 1 heterocycles. The van der Waals surface area contributed by atoms with Crippen molar-refractivity contribution in [2.24, 2.45) is 0 Å². The Morgan fingerprint density at radius 1 is 1.17 bits per heavy atom. The van der Waals surface area contributed by atoms with E-state index in [1.807, 2.05) is 31.4 Å². The Morgan fingerprint density at radius 2 is 1.96 bits per heavy atom. The van der Waals surface area contributed by atoms with Gasteiger partial charge in [0.2, 0.25) is 5.91 Å². The van der Waals surface area contributed by atoms with E-state index in [1.54, 1.807) is 46.6 Å². The summed E-state index contributed by atoms with van der Waals surface area (Å²) >= 11 is 1.57. The van der Waals surface area contributed by atoms with E-state index >= 15 is 0 Å². The normalized spacial score (nSPS) is 10.7. The van der Waals surface area contributed by atoms with E-state index in [9.17, 15) is 9.59 Å². The molecule has 0 aliphatic heterocycles. The van der Waals surface area contributed by atoms with Crippen LogP contribution in [0.25, 0.3) is 6.08 Å². The van der Waals surface area contributed by atoms with Crippen LogP contribution in [0.15, 0.2) is 47.9 Å². The zero-order valence-electron chi connectivity index (χ0n) is 13.3. The zero-order chi connectivity index (χ0) is 16.7. The summed E-state index contributed by atoms with van der Waals surface area (Å²) in [6, 6.07) is 10.9. The molecule has 0 unspecified atom stereocenters. The highest BCUT2D eigenvalue weighted by Gasteiger charge is 2.12. The van der Waals surface area contributed by atoms with Crippen molar-refractivity contribution in [3.05, 3.63) is 58.3 Å². The first kappa shape index (κ1) is 17.0. The third-order valence-electron chi connectivity index (χ3n) is 3.37. The third-order valence-corrected chi connectivity index (χ3v) is 4.21. The molecule has 1 aromatic heterocycles. The van der Waals surface area contributed by atoms with Crippen LogP contribution in [-0.2, 0) is 4.79 Å². The number of anilines is 1. The first-order valence-electron chi connectivity index (χ1n) is 7.56. The van der Waals surface area contributed by atoms with Crippen molar-refractivity contribution in [3.8, 4) is 0 Å². The number of amides is 2. The van der Waals surface area contributed by atoms with Gasteiger partial charge in [0.05, 0.1) is 0 Å². The lowest BCUT2D eigenvalue weighted by atomic mass is 10.1.